The van der Waals surface area contributed by atoms with E-state index in [0.717, 1.165) is 35.6 Å². The molecule has 2 aromatic rings. The average molecular weight is 305 g/mol. The summed E-state index contributed by atoms with van der Waals surface area (Å²) in [6, 6.07) is 2.18. The van der Waals surface area contributed by atoms with Crippen molar-refractivity contribution in [2.24, 2.45) is 5.73 Å². The molecule has 3 rings (SSSR count). The Morgan fingerprint density at radius 2 is 2.35 bits per heavy atom. The van der Waals surface area contributed by atoms with Gasteiger partial charge in [0.05, 0.1) is 17.2 Å². The zero-order valence-electron chi connectivity index (χ0n) is 12.3. The number of hydrogen-bond acceptors (Lipinski definition) is 6. The van der Waals surface area contributed by atoms with Crippen LogP contribution in [0.25, 0.3) is 16.6 Å². The molecule has 5 N–H and O–H groups in total. The molecule has 1 aliphatic carbocycles. The molecule has 7 heteroatoms. The maximum Gasteiger partial charge on any atom is 0.144 e. The van der Waals surface area contributed by atoms with Crippen molar-refractivity contribution in [3.63, 3.8) is 0 Å². The lowest BCUT2D eigenvalue weighted by atomic mass is 9.94. The Morgan fingerprint density at radius 1 is 1.48 bits per heavy atom. The molecule has 0 bridgehead atoms. The topological polar surface area (TPSA) is 127 Å². The maximum absolute atomic E-state index is 9.10. The minimum Gasteiger partial charge on any atom is -0.403 e. The van der Waals surface area contributed by atoms with E-state index in [1.807, 2.05) is 18.3 Å². The molecule has 0 aromatic carbocycles. The van der Waals surface area contributed by atoms with Crippen LogP contribution in [-0.2, 0) is 0 Å². The SMILES string of the molecule is N#CC1=CCCC(c2c[nH]c3ncnc(N/C(C=N)=C/N)c23)=C1. The number of aromatic nitrogens is 3. The van der Waals surface area contributed by atoms with Crippen LogP contribution < -0.4 is 11.1 Å². The van der Waals surface area contributed by atoms with E-state index in [9.17, 15) is 0 Å². The van der Waals surface area contributed by atoms with E-state index in [4.69, 9.17) is 16.4 Å². The Morgan fingerprint density at radius 3 is 3.09 bits per heavy atom. The number of nitriles is 1. The zero-order valence-corrected chi connectivity index (χ0v) is 12.3. The van der Waals surface area contributed by atoms with Crippen LogP contribution in [0.2, 0.25) is 0 Å². The van der Waals surface area contributed by atoms with Crippen molar-refractivity contribution in [2.75, 3.05) is 5.32 Å². The third kappa shape index (κ3) is 2.70. The van der Waals surface area contributed by atoms with Crippen molar-refractivity contribution in [1.29, 1.82) is 10.7 Å². The number of nitrogens with two attached hydrogens (primary N) is 1. The van der Waals surface area contributed by atoms with Crippen molar-refractivity contribution in [2.45, 2.75) is 12.8 Å². The highest BCUT2D eigenvalue weighted by Gasteiger charge is 2.16. The van der Waals surface area contributed by atoms with Crippen LogP contribution in [0, 0.1) is 16.7 Å². The summed E-state index contributed by atoms with van der Waals surface area (Å²) in [7, 11) is 0. The summed E-state index contributed by atoms with van der Waals surface area (Å²) >= 11 is 0. The van der Waals surface area contributed by atoms with Crippen molar-refractivity contribution in [1.82, 2.24) is 15.0 Å². The molecular weight excluding hydrogens is 290 g/mol. The van der Waals surface area contributed by atoms with Gasteiger partial charge in [-0.05, 0) is 24.5 Å². The van der Waals surface area contributed by atoms with Gasteiger partial charge < -0.3 is 21.4 Å². The third-order valence-corrected chi connectivity index (χ3v) is 3.65. The lowest BCUT2D eigenvalue weighted by Gasteiger charge is -2.12. The quantitative estimate of drug-likeness (QED) is 0.645. The summed E-state index contributed by atoms with van der Waals surface area (Å²) < 4.78 is 0. The molecule has 0 amide bonds. The molecule has 2 aromatic heterocycles. The van der Waals surface area contributed by atoms with Crippen LogP contribution in [0.5, 0.6) is 0 Å². The van der Waals surface area contributed by atoms with Crippen molar-refractivity contribution < 1.29 is 0 Å². The first kappa shape index (κ1) is 14.5. The maximum atomic E-state index is 9.10. The number of anilines is 1. The van der Waals surface area contributed by atoms with E-state index < -0.39 is 0 Å². The summed E-state index contributed by atoms with van der Waals surface area (Å²) in [5.41, 5.74) is 9.28. The molecule has 0 saturated carbocycles. The van der Waals surface area contributed by atoms with Gasteiger partial charge in [-0.1, -0.05) is 6.08 Å². The summed E-state index contributed by atoms with van der Waals surface area (Å²) in [5.74, 6) is 0.570. The fraction of sp³-hybridized carbons (Fsp3) is 0.125. The number of hydrogen-bond donors (Lipinski definition) is 4. The molecular formula is C16H15N7. The Bertz CT molecular complexity index is 893. The predicted molar refractivity (Wildman–Crippen MR) is 89.5 cm³/mol. The first-order chi connectivity index (χ1) is 11.3. The second-order valence-corrected chi connectivity index (χ2v) is 5.02. The van der Waals surface area contributed by atoms with Gasteiger partial charge in [0.15, 0.2) is 0 Å². The van der Waals surface area contributed by atoms with Gasteiger partial charge in [-0.2, -0.15) is 5.26 Å². The minimum absolute atomic E-state index is 0.437. The summed E-state index contributed by atoms with van der Waals surface area (Å²) in [5, 5.41) is 20.3. The van der Waals surface area contributed by atoms with Gasteiger partial charge >= 0.3 is 0 Å². The molecule has 1 aliphatic rings. The molecule has 114 valence electrons. The first-order valence-corrected chi connectivity index (χ1v) is 7.09. The van der Waals surface area contributed by atoms with Crippen LogP contribution >= 0.6 is 0 Å². The minimum atomic E-state index is 0.437. The van der Waals surface area contributed by atoms with Crippen LogP contribution in [0.3, 0.4) is 0 Å². The van der Waals surface area contributed by atoms with Gasteiger partial charge in [-0.3, -0.25) is 0 Å². The molecule has 0 atom stereocenters. The fourth-order valence-electron chi connectivity index (χ4n) is 2.57. The molecule has 23 heavy (non-hydrogen) atoms. The van der Waals surface area contributed by atoms with Crippen molar-refractivity contribution >= 4 is 28.6 Å². The number of nitrogens with one attached hydrogen (secondary N) is 3. The van der Waals surface area contributed by atoms with E-state index in [1.165, 1.54) is 12.5 Å². The monoisotopic (exact) mass is 305 g/mol. The number of rotatable bonds is 4. The van der Waals surface area contributed by atoms with Crippen LogP contribution in [-0.4, -0.2) is 21.2 Å². The summed E-state index contributed by atoms with van der Waals surface area (Å²) in [6.07, 6.45) is 11.2. The highest BCUT2D eigenvalue weighted by Crippen LogP contribution is 2.34. The highest BCUT2D eigenvalue weighted by molar-refractivity contribution is 6.00. The first-order valence-electron chi connectivity index (χ1n) is 7.09. The number of fused-ring (bicyclic) bond motifs is 1. The predicted octanol–water partition coefficient (Wildman–Crippen LogP) is 2.45. The van der Waals surface area contributed by atoms with E-state index in [-0.39, 0.29) is 0 Å². The average Bonchev–Trinajstić information content (AvgIpc) is 3.04. The molecule has 0 unspecified atom stereocenters. The number of H-pyrrole nitrogens is 1. The molecule has 0 aliphatic heterocycles. The highest BCUT2D eigenvalue weighted by atomic mass is 15.0. The van der Waals surface area contributed by atoms with Crippen LogP contribution in [0.15, 0.2) is 42.1 Å². The van der Waals surface area contributed by atoms with Gasteiger partial charge in [-0.15, -0.1) is 0 Å². The molecule has 0 saturated heterocycles. The van der Waals surface area contributed by atoms with Crippen molar-refractivity contribution in [3.8, 4) is 6.07 Å². The molecule has 0 radical (unpaired) electrons. The Balaban J connectivity index is 2.13. The van der Waals surface area contributed by atoms with Gasteiger partial charge in [0.25, 0.3) is 0 Å². The third-order valence-electron chi connectivity index (χ3n) is 3.65. The number of aromatic amines is 1. The van der Waals surface area contributed by atoms with Crippen LogP contribution in [0.1, 0.15) is 18.4 Å². The molecule has 7 nitrogen and oxygen atoms in total. The second-order valence-electron chi connectivity index (χ2n) is 5.02. The number of allylic oxidation sites excluding steroid dienone is 5. The second kappa shape index (κ2) is 6.15. The van der Waals surface area contributed by atoms with Gasteiger partial charge in [0.2, 0.25) is 0 Å². The van der Waals surface area contributed by atoms with E-state index in [2.05, 4.69) is 26.3 Å². The lowest BCUT2D eigenvalue weighted by Crippen LogP contribution is -2.06. The smallest absolute Gasteiger partial charge is 0.144 e. The Kier molecular flexibility index (Phi) is 3.89. The van der Waals surface area contributed by atoms with Crippen LogP contribution in [0.4, 0.5) is 5.82 Å². The normalized spacial score (nSPS) is 14.8. The Hall–Kier alpha value is -3.40. The standard InChI is InChI=1S/C16H15N7/c17-5-10-2-1-3-11(4-10)13-8-20-15-14(13)16(22-9-21-15)23-12(6-18)7-19/h2,4,6-9,18H,1,3,19H2,(H2,20,21,22,23)/b12-7+,18-6?. The van der Waals surface area contributed by atoms with Gasteiger partial charge in [-0.25, -0.2) is 9.97 Å². The van der Waals surface area contributed by atoms with Gasteiger partial charge in [0, 0.05) is 29.7 Å². The van der Waals surface area contributed by atoms with E-state index in [1.54, 1.807) is 0 Å². The lowest BCUT2D eigenvalue weighted by molar-refractivity contribution is 1.05. The van der Waals surface area contributed by atoms with E-state index >= 15 is 0 Å². The van der Waals surface area contributed by atoms with Crippen molar-refractivity contribution in [3.05, 3.63) is 47.7 Å². The molecule has 2 heterocycles. The van der Waals surface area contributed by atoms with Gasteiger partial charge in [0.1, 0.15) is 17.8 Å². The van der Waals surface area contributed by atoms with E-state index in [0.29, 0.717) is 22.7 Å². The summed E-state index contributed by atoms with van der Waals surface area (Å²) in [6.45, 7) is 0. The fourth-order valence-corrected chi connectivity index (χ4v) is 2.57. The molecule has 0 spiro atoms. The number of nitrogens with zero attached hydrogens (tertiary/aromatic N) is 3. The summed E-state index contributed by atoms with van der Waals surface area (Å²) in [4.78, 5) is 11.6. The molecule has 0 fully saturated rings. The largest absolute Gasteiger partial charge is 0.403 e. The zero-order chi connectivity index (χ0) is 16.2. The Labute approximate surface area is 132 Å².